The monoisotopic (exact) mass is 442 g/mol. The Balaban J connectivity index is 2.96. The molecule has 162 valence electrons. The fraction of sp³-hybridized carbons (Fsp3) is 0.722. The van der Waals surface area contributed by atoms with Crippen molar-refractivity contribution in [3.63, 3.8) is 0 Å². The number of sulfonamides is 1. The van der Waals surface area contributed by atoms with Crippen LogP contribution in [0.2, 0.25) is 0 Å². The lowest BCUT2D eigenvalue weighted by molar-refractivity contribution is -0.140. The maximum absolute atomic E-state index is 13.0. The SMILES string of the molecule is CC(C)[C@@H](C)N(CC(F)(F)F)S(=O)(=O)c1ccc(CCNC(=O)C(C)(C)C)s1. The number of thiophene rings is 1. The summed E-state index contributed by atoms with van der Waals surface area (Å²) in [6.07, 6.45) is -4.23. The fourth-order valence-corrected chi connectivity index (χ4v) is 5.50. The highest BCUT2D eigenvalue weighted by atomic mass is 32.2. The van der Waals surface area contributed by atoms with E-state index in [4.69, 9.17) is 0 Å². The van der Waals surface area contributed by atoms with Gasteiger partial charge in [0.25, 0.3) is 10.0 Å². The smallest absolute Gasteiger partial charge is 0.355 e. The Labute approximate surface area is 169 Å². The predicted octanol–water partition coefficient (Wildman–Crippen LogP) is 4.05. The first-order chi connectivity index (χ1) is 12.6. The number of nitrogens with one attached hydrogen (secondary N) is 1. The summed E-state index contributed by atoms with van der Waals surface area (Å²) in [5, 5.41) is 2.77. The number of nitrogens with zero attached hydrogens (tertiary/aromatic N) is 1. The largest absolute Gasteiger partial charge is 0.402 e. The maximum atomic E-state index is 13.0. The van der Waals surface area contributed by atoms with Gasteiger partial charge < -0.3 is 5.32 Å². The van der Waals surface area contributed by atoms with Crippen LogP contribution in [0.1, 0.15) is 46.4 Å². The van der Waals surface area contributed by atoms with Gasteiger partial charge in [0.2, 0.25) is 5.91 Å². The summed E-state index contributed by atoms with van der Waals surface area (Å²) in [4.78, 5) is 12.5. The molecule has 1 N–H and O–H groups in total. The number of amides is 1. The van der Waals surface area contributed by atoms with E-state index < -0.39 is 34.2 Å². The van der Waals surface area contributed by atoms with Crippen molar-refractivity contribution in [1.29, 1.82) is 0 Å². The molecule has 5 nitrogen and oxygen atoms in total. The highest BCUT2D eigenvalue weighted by Gasteiger charge is 2.40. The third-order valence-corrected chi connectivity index (χ3v) is 7.84. The van der Waals surface area contributed by atoms with E-state index >= 15 is 0 Å². The number of halogens is 3. The van der Waals surface area contributed by atoms with Gasteiger partial charge >= 0.3 is 6.18 Å². The summed E-state index contributed by atoms with van der Waals surface area (Å²) in [5.74, 6) is -0.400. The average Bonchev–Trinajstić information content (AvgIpc) is 2.99. The molecule has 1 aromatic rings. The Morgan fingerprint density at radius 3 is 2.21 bits per heavy atom. The number of hydrogen-bond donors (Lipinski definition) is 1. The molecule has 0 fully saturated rings. The first-order valence-corrected chi connectivity index (χ1v) is 11.3. The molecule has 1 aromatic heterocycles. The van der Waals surface area contributed by atoms with E-state index in [1.165, 1.54) is 13.0 Å². The van der Waals surface area contributed by atoms with Crippen LogP contribution in [0.5, 0.6) is 0 Å². The molecule has 0 aliphatic rings. The van der Waals surface area contributed by atoms with Crippen molar-refractivity contribution in [2.75, 3.05) is 13.1 Å². The first kappa shape index (κ1) is 24.9. The van der Waals surface area contributed by atoms with Crippen LogP contribution < -0.4 is 5.32 Å². The Bertz CT molecular complexity index is 766. The van der Waals surface area contributed by atoms with Crippen molar-refractivity contribution in [2.45, 2.75) is 64.4 Å². The quantitative estimate of drug-likeness (QED) is 0.661. The molecule has 0 aliphatic heterocycles. The Hall–Kier alpha value is -1.13. The molecule has 10 heteroatoms. The molecule has 1 amide bonds. The lowest BCUT2D eigenvalue weighted by Crippen LogP contribution is -2.46. The third-order valence-electron chi connectivity index (χ3n) is 4.29. The van der Waals surface area contributed by atoms with Crippen LogP contribution in [0, 0.1) is 11.3 Å². The second-order valence-electron chi connectivity index (χ2n) is 8.13. The van der Waals surface area contributed by atoms with E-state index in [-0.39, 0.29) is 16.0 Å². The highest BCUT2D eigenvalue weighted by molar-refractivity contribution is 7.91. The lowest BCUT2D eigenvalue weighted by Gasteiger charge is -2.31. The lowest BCUT2D eigenvalue weighted by atomic mass is 9.96. The van der Waals surface area contributed by atoms with Gasteiger partial charge in [-0.1, -0.05) is 34.6 Å². The van der Waals surface area contributed by atoms with E-state index in [2.05, 4.69) is 5.32 Å². The minimum Gasteiger partial charge on any atom is -0.355 e. The molecule has 0 spiro atoms. The normalized spacial score (nSPS) is 14.5. The summed E-state index contributed by atoms with van der Waals surface area (Å²) < 4.78 is 65.0. The predicted molar refractivity (Wildman–Crippen MR) is 105 cm³/mol. The van der Waals surface area contributed by atoms with Gasteiger partial charge in [-0.2, -0.15) is 17.5 Å². The van der Waals surface area contributed by atoms with Crippen molar-refractivity contribution in [3.05, 3.63) is 17.0 Å². The van der Waals surface area contributed by atoms with Crippen LogP contribution in [0.25, 0.3) is 0 Å². The van der Waals surface area contributed by atoms with Gasteiger partial charge in [0.15, 0.2) is 0 Å². The number of carbonyl (C=O) groups is 1. The Morgan fingerprint density at radius 2 is 1.75 bits per heavy atom. The van der Waals surface area contributed by atoms with Gasteiger partial charge in [-0.3, -0.25) is 4.79 Å². The van der Waals surface area contributed by atoms with Crippen LogP contribution in [0.15, 0.2) is 16.3 Å². The van der Waals surface area contributed by atoms with Gasteiger partial charge in [-0.05, 0) is 31.4 Å². The summed E-state index contributed by atoms with van der Waals surface area (Å²) in [6.45, 7) is 8.98. The fourth-order valence-electron chi connectivity index (χ4n) is 2.27. The van der Waals surface area contributed by atoms with E-state index in [1.807, 2.05) is 0 Å². The topological polar surface area (TPSA) is 66.5 Å². The second-order valence-corrected chi connectivity index (χ2v) is 11.4. The summed E-state index contributed by atoms with van der Waals surface area (Å²) in [6, 6.07) is 2.10. The Morgan fingerprint density at radius 1 is 1.18 bits per heavy atom. The van der Waals surface area contributed by atoms with Crippen molar-refractivity contribution < 1.29 is 26.4 Å². The van der Waals surface area contributed by atoms with Crippen molar-refractivity contribution >= 4 is 27.3 Å². The number of hydrogen-bond acceptors (Lipinski definition) is 4. The van der Waals surface area contributed by atoms with Gasteiger partial charge in [-0.15, -0.1) is 11.3 Å². The average molecular weight is 443 g/mol. The number of carbonyl (C=O) groups excluding carboxylic acids is 1. The zero-order chi connectivity index (χ0) is 21.9. The van der Waals surface area contributed by atoms with E-state index in [9.17, 15) is 26.4 Å². The first-order valence-electron chi connectivity index (χ1n) is 9.01. The van der Waals surface area contributed by atoms with Gasteiger partial charge in [0, 0.05) is 22.9 Å². The molecule has 0 unspecified atom stereocenters. The van der Waals surface area contributed by atoms with Crippen LogP contribution in [-0.4, -0.2) is 43.9 Å². The van der Waals surface area contributed by atoms with Crippen LogP contribution in [0.3, 0.4) is 0 Å². The molecule has 1 atom stereocenters. The zero-order valence-corrected chi connectivity index (χ0v) is 18.7. The molecule has 0 aliphatic carbocycles. The van der Waals surface area contributed by atoms with Crippen LogP contribution >= 0.6 is 11.3 Å². The molecule has 28 heavy (non-hydrogen) atoms. The van der Waals surface area contributed by atoms with Gasteiger partial charge in [0.1, 0.15) is 10.8 Å². The van der Waals surface area contributed by atoms with E-state index in [0.717, 1.165) is 11.3 Å². The van der Waals surface area contributed by atoms with Crippen molar-refractivity contribution in [1.82, 2.24) is 9.62 Å². The molecule has 0 saturated carbocycles. The Kier molecular flexibility index (Phi) is 8.12. The molecular weight excluding hydrogens is 413 g/mol. The zero-order valence-electron chi connectivity index (χ0n) is 17.1. The maximum Gasteiger partial charge on any atom is 0.402 e. The van der Waals surface area contributed by atoms with Crippen molar-refractivity contribution in [2.24, 2.45) is 11.3 Å². The molecule has 0 aromatic carbocycles. The van der Waals surface area contributed by atoms with E-state index in [1.54, 1.807) is 40.7 Å². The molecule has 0 saturated heterocycles. The third kappa shape index (κ3) is 7.04. The highest BCUT2D eigenvalue weighted by Crippen LogP contribution is 2.31. The minimum atomic E-state index is -4.63. The van der Waals surface area contributed by atoms with Crippen LogP contribution in [-0.2, 0) is 21.2 Å². The van der Waals surface area contributed by atoms with E-state index in [0.29, 0.717) is 22.1 Å². The standard InChI is InChI=1S/C18H29F3N2O3S2/c1-12(2)13(3)23(11-18(19,20)21)28(25,26)15-8-7-14(27-15)9-10-22-16(24)17(4,5)6/h7-8,12-13H,9-11H2,1-6H3,(H,22,24)/t13-/m1/s1. The molecular formula is C18H29F3N2O3S2. The van der Waals surface area contributed by atoms with Crippen LogP contribution in [0.4, 0.5) is 13.2 Å². The number of rotatable bonds is 8. The van der Waals surface area contributed by atoms with Gasteiger partial charge in [-0.25, -0.2) is 8.42 Å². The molecule has 0 bridgehead atoms. The minimum absolute atomic E-state index is 0.124. The molecule has 0 radical (unpaired) electrons. The number of alkyl halides is 3. The summed E-state index contributed by atoms with van der Waals surface area (Å²) >= 11 is 0.934. The van der Waals surface area contributed by atoms with Crippen molar-refractivity contribution in [3.8, 4) is 0 Å². The molecule has 1 rings (SSSR count). The molecule has 1 heterocycles. The summed E-state index contributed by atoms with van der Waals surface area (Å²) in [7, 11) is -4.28. The second kappa shape index (κ2) is 9.13. The summed E-state index contributed by atoms with van der Waals surface area (Å²) in [5.41, 5.74) is -0.533. The van der Waals surface area contributed by atoms with Gasteiger partial charge in [0.05, 0.1) is 0 Å².